The summed E-state index contributed by atoms with van der Waals surface area (Å²) in [5.74, 6) is 0.965. The van der Waals surface area contributed by atoms with Crippen LogP contribution in [0.4, 0.5) is 4.79 Å². The van der Waals surface area contributed by atoms with E-state index in [1.807, 2.05) is 34.6 Å². The minimum atomic E-state index is -0.799. The van der Waals surface area contributed by atoms with E-state index in [9.17, 15) is 4.79 Å². The Morgan fingerprint density at radius 1 is 1.33 bits per heavy atom. The van der Waals surface area contributed by atoms with Gasteiger partial charge < -0.3 is 19.1 Å². The molecule has 8 heteroatoms. The zero-order chi connectivity index (χ0) is 19.8. The van der Waals surface area contributed by atoms with Crippen molar-refractivity contribution in [3.8, 4) is 0 Å². The first kappa shape index (κ1) is 19.4. The third-order valence-corrected chi connectivity index (χ3v) is 4.65. The van der Waals surface area contributed by atoms with Gasteiger partial charge in [0.25, 0.3) is 0 Å². The number of nitrogens with one attached hydrogen (secondary N) is 1. The topological polar surface area (TPSA) is 85.4 Å². The van der Waals surface area contributed by atoms with Crippen LogP contribution in [0.3, 0.4) is 0 Å². The Morgan fingerprint density at radius 2 is 2.07 bits per heavy atom. The Bertz CT molecular complexity index is 802. The van der Waals surface area contributed by atoms with Crippen LogP contribution in [0.2, 0.25) is 0 Å². The summed E-state index contributed by atoms with van der Waals surface area (Å²) >= 11 is 0. The highest BCUT2D eigenvalue weighted by molar-refractivity contribution is 5.68. The van der Waals surface area contributed by atoms with Gasteiger partial charge in [0, 0.05) is 31.0 Å². The van der Waals surface area contributed by atoms with E-state index in [1.165, 1.54) is 5.69 Å². The standard InChI is InChI=1S/C19H29N5O3/c1-13-14-8-7-9-23(14)10-11-24(13)12-15-20-16(22-27-15)19(5,6)21-17(25)26-18(2,3)4/h7-9,13H,10-12H2,1-6H3,(H,21,25)/t13-/m1/s1. The predicted octanol–water partition coefficient (Wildman–Crippen LogP) is 3.21. The highest BCUT2D eigenvalue weighted by Crippen LogP contribution is 2.27. The molecule has 0 unspecified atom stereocenters. The fourth-order valence-corrected chi connectivity index (χ4v) is 3.20. The molecule has 0 fully saturated rings. The first-order chi connectivity index (χ1) is 12.5. The average molecular weight is 375 g/mol. The summed E-state index contributed by atoms with van der Waals surface area (Å²) in [6, 6.07) is 4.49. The Hall–Kier alpha value is -2.35. The molecule has 1 N–H and O–H groups in total. The van der Waals surface area contributed by atoms with E-state index < -0.39 is 17.2 Å². The summed E-state index contributed by atoms with van der Waals surface area (Å²) in [6.07, 6.45) is 1.60. The van der Waals surface area contributed by atoms with Crippen molar-refractivity contribution < 1.29 is 14.1 Å². The Morgan fingerprint density at radius 3 is 2.78 bits per heavy atom. The molecule has 0 aromatic carbocycles. The van der Waals surface area contributed by atoms with Crippen molar-refractivity contribution in [3.63, 3.8) is 0 Å². The molecule has 2 aromatic rings. The minimum absolute atomic E-state index is 0.275. The normalized spacial score (nSPS) is 18.2. The second-order valence-electron chi connectivity index (χ2n) is 8.54. The van der Waals surface area contributed by atoms with Gasteiger partial charge in [-0.2, -0.15) is 4.98 Å². The second-order valence-corrected chi connectivity index (χ2v) is 8.54. The lowest BCUT2D eigenvalue weighted by molar-refractivity contribution is 0.0465. The number of fused-ring (bicyclic) bond motifs is 1. The Balaban J connectivity index is 1.65. The van der Waals surface area contributed by atoms with Crippen molar-refractivity contribution in [1.82, 2.24) is 24.9 Å². The van der Waals surface area contributed by atoms with Gasteiger partial charge in [-0.1, -0.05) is 5.16 Å². The predicted molar refractivity (Wildman–Crippen MR) is 100.0 cm³/mol. The summed E-state index contributed by atoms with van der Waals surface area (Å²) in [6.45, 7) is 13.7. The van der Waals surface area contributed by atoms with E-state index in [-0.39, 0.29) is 6.04 Å². The van der Waals surface area contributed by atoms with E-state index in [0.717, 1.165) is 13.1 Å². The van der Waals surface area contributed by atoms with Gasteiger partial charge in [-0.25, -0.2) is 4.79 Å². The number of ether oxygens (including phenoxy) is 1. The molecule has 2 aromatic heterocycles. The molecular weight excluding hydrogens is 346 g/mol. The van der Waals surface area contributed by atoms with Crippen LogP contribution in [0, 0.1) is 0 Å². The van der Waals surface area contributed by atoms with Gasteiger partial charge in [-0.3, -0.25) is 4.90 Å². The van der Waals surface area contributed by atoms with Crippen LogP contribution in [0.15, 0.2) is 22.9 Å². The minimum Gasteiger partial charge on any atom is -0.444 e. The average Bonchev–Trinajstić information content (AvgIpc) is 3.17. The fourth-order valence-electron chi connectivity index (χ4n) is 3.20. The van der Waals surface area contributed by atoms with E-state index in [4.69, 9.17) is 9.26 Å². The van der Waals surface area contributed by atoms with Crippen LogP contribution < -0.4 is 5.32 Å². The molecule has 0 aliphatic carbocycles. The molecule has 148 valence electrons. The van der Waals surface area contributed by atoms with Crippen molar-refractivity contribution in [2.45, 2.75) is 71.8 Å². The molecule has 0 saturated carbocycles. The van der Waals surface area contributed by atoms with Crippen LogP contribution in [0.5, 0.6) is 0 Å². The molecule has 1 aliphatic heterocycles. The van der Waals surface area contributed by atoms with Crippen LogP contribution in [0.1, 0.15) is 65.0 Å². The van der Waals surface area contributed by atoms with E-state index in [0.29, 0.717) is 18.3 Å². The van der Waals surface area contributed by atoms with Crippen molar-refractivity contribution in [2.75, 3.05) is 6.54 Å². The number of carbonyl (C=O) groups excluding carboxylic acids is 1. The maximum Gasteiger partial charge on any atom is 0.408 e. The van der Waals surface area contributed by atoms with Gasteiger partial charge in [0.1, 0.15) is 11.1 Å². The molecule has 0 bridgehead atoms. The van der Waals surface area contributed by atoms with Crippen molar-refractivity contribution in [3.05, 3.63) is 35.7 Å². The molecule has 3 rings (SSSR count). The quantitative estimate of drug-likeness (QED) is 0.883. The summed E-state index contributed by atoms with van der Waals surface area (Å²) in [7, 11) is 0. The largest absolute Gasteiger partial charge is 0.444 e. The number of carbonyl (C=O) groups is 1. The van der Waals surface area contributed by atoms with Gasteiger partial charge in [0.05, 0.1) is 6.54 Å². The maximum absolute atomic E-state index is 12.1. The maximum atomic E-state index is 12.1. The molecule has 0 saturated heterocycles. The van der Waals surface area contributed by atoms with E-state index >= 15 is 0 Å². The molecule has 3 heterocycles. The third kappa shape index (κ3) is 4.50. The molecule has 1 amide bonds. The molecular formula is C19H29N5O3. The molecule has 1 atom stereocenters. The third-order valence-electron chi connectivity index (χ3n) is 4.65. The van der Waals surface area contributed by atoms with Gasteiger partial charge in [-0.05, 0) is 53.7 Å². The second kappa shape index (κ2) is 6.99. The highest BCUT2D eigenvalue weighted by Gasteiger charge is 2.32. The Labute approximate surface area is 159 Å². The lowest BCUT2D eigenvalue weighted by Gasteiger charge is -2.33. The Kier molecular flexibility index (Phi) is 5.03. The molecule has 27 heavy (non-hydrogen) atoms. The van der Waals surface area contributed by atoms with Crippen molar-refractivity contribution in [2.24, 2.45) is 0 Å². The lowest BCUT2D eigenvalue weighted by atomic mass is 10.1. The first-order valence-electron chi connectivity index (χ1n) is 9.28. The van der Waals surface area contributed by atoms with Crippen LogP contribution in [-0.2, 0) is 23.4 Å². The van der Waals surface area contributed by atoms with E-state index in [1.54, 1.807) is 0 Å². The van der Waals surface area contributed by atoms with Crippen LogP contribution in [-0.4, -0.2) is 37.8 Å². The number of amides is 1. The number of hydrogen-bond acceptors (Lipinski definition) is 6. The number of rotatable bonds is 4. The summed E-state index contributed by atoms with van der Waals surface area (Å²) in [5.41, 5.74) is -0.0790. The van der Waals surface area contributed by atoms with Crippen LogP contribution in [0.25, 0.3) is 0 Å². The molecule has 0 radical (unpaired) electrons. The van der Waals surface area contributed by atoms with Gasteiger partial charge >= 0.3 is 6.09 Å². The lowest BCUT2D eigenvalue weighted by Crippen LogP contribution is -2.44. The fraction of sp³-hybridized carbons (Fsp3) is 0.632. The smallest absolute Gasteiger partial charge is 0.408 e. The number of nitrogens with zero attached hydrogens (tertiary/aromatic N) is 4. The van der Waals surface area contributed by atoms with E-state index in [2.05, 4.69) is 50.2 Å². The zero-order valence-electron chi connectivity index (χ0n) is 16.9. The number of hydrogen-bond donors (Lipinski definition) is 1. The first-order valence-corrected chi connectivity index (χ1v) is 9.28. The van der Waals surface area contributed by atoms with Crippen molar-refractivity contribution in [1.29, 1.82) is 0 Å². The molecule has 8 nitrogen and oxygen atoms in total. The summed E-state index contributed by atoms with van der Waals surface area (Å²) in [4.78, 5) is 18.9. The van der Waals surface area contributed by atoms with Crippen LogP contribution >= 0.6 is 0 Å². The van der Waals surface area contributed by atoms with Crippen molar-refractivity contribution >= 4 is 6.09 Å². The molecule has 0 spiro atoms. The highest BCUT2D eigenvalue weighted by atomic mass is 16.6. The zero-order valence-corrected chi connectivity index (χ0v) is 16.9. The molecule has 1 aliphatic rings. The number of aromatic nitrogens is 3. The summed E-state index contributed by atoms with van der Waals surface area (Å²) < 4.78 is 13.0. The number of alkyl carbamates (subject to hydrolysis) is 1. The summed E-state index contributed by atoms with van der Waals surface area (Å²) in [5, 5.41) is 6.88. The van der Waals surface area contributed by atoms with Gasteiger partial charge in [0.2, 0.25) is 5.89 Å². The van der Waals surface area contributed by atoms with Gasteiger partial charge in [0.15, 0.2) is 5.82 Å². The SMILES string of the molecule is C[C@@H]1c2cccn2CCN1Cc1nc(C(C)(C)NC(=O)OC(C)(C)C)no1. The monoisotopic (exact) mass is 375 g/mol. The van der Waals surface area contributed by atoms with Gasteiger partial charge in [-0.15, -0.1) is 0 Å².